The zero-order chi connectivity index (χ0) is 14.0. The molecule has 0 amide bonds. The Bertz CT molecular complexity index is 698. The first-order valence-corrected chi connectivity index (χ1v) is 6.65. The molecule has 3 nitrogen and oxygen atoms in total. The molecule has 0 aliphatic carbocycles. The Morgan fingerprint density at radius 1 is 1.05 bits per heavy atom. The molecule has 0 spiro atoms. The molecule has 2 aromatic carbocycles. The average molecular weight is 290 g/mol. The fraction of sp³-hybridized carbons (Fsp3) is 0.167. The predicted molar refractivity (Wildman–Crippen MR) is 63.7 cm³/mol. The maximum atomic E-state index is 13.1. The van der Waals surface area contributed by atoms with Crippen LogP contribution >= 0.6 is 0 Å². The van der Waals surface area contributed by atoms with E-state index in [-0.39, 0.29) is 16.5 Å². The summed E-state index contributed by atoms with van der Waals surface area (Å²) in [7, 11) is -4.88. The van der Waals surface area contributed by atoms with Crippen molar-refractivity contribution in [3.63, 3.8) is 0 Å². The highest BCUT2D eigenvalue weighted by molar-refractivity contribution is 7.86. The molecule has 102 valence electrons. The van der Waals surface area contributed by atoms with Crippen LogP contribution in [0.1, 0.15) is 0 Å². The SMILES string of the molecule is O=S(=O)(F)c1ccc(OCC(F)F)c2ccccc12. The quantitative estimate of drug-likeness (QED) is 0.812. The third-order valence-electron chi connectivity index (χ3n) is 2.47. The van der Waals surface area contributed by atoms with E-state index in [0.717, 1.165) is 12.1 Å². The second-order valence-corrected chi connectivity index (χ2v) is 5.06. The minimum atomic E-state index is -4.88. The van der Waals surface area contributed by atoms with Crippen molar-refractivity contribution in [2.45, 2.75) is 11.3 Å². The molecular formula is C12H9F3O3S. The van der Waals surface area contributed by atoms with Gasteiger partial charge >= 0.3 is 10.2 Å². The Balaban J connectivity index is 2.59. The maximum Gasteiger partial charge on any atom is 0.332 e. The Morgan fingerprint density at radius 2 is 1.68 bits per heavy atom. The van der Waals surface area contributed by atoms with E-state index in [1.54, 1.807) is 6.07 Å². The summed E-state index contributed by atoms with van der Waals surface area (Å²) in [5.74, 6) is 0.0864. The minimum Gasteiger partial charge on any atom is -0.487 e. The summed E-state index contributed by atoms with van der Waals surface area (Å²) >= 11 is 0. The van der Waals surface area contributed by atoms with Gasteiger partial charge in [-0.3, -0.25) is 0 Å². The van der Waals surface area contributed by atoms with E-state index in [0.29, 0.717) is 0 Å². The number of hydrogen-bond donors (Lipinski definition) is 0. The van der Waals surface area contributed by atoms with Crippen LogP contribution in [0.4, 0.5) is 12.7 Å². The number of halogens is 3. The second kappa shape index (κ2) is 5.08. The Morgan fingerprint density at radius 3 is 2.26 bits per heavy atom. The summed E-state index contributed by atoms with van der Waals surface area (Å²) in [4.78, 5) is -0.507. The van der Waals surface area contributed by atoms with Crippen molar-refractivity contribution >= 4 is 21.0 Å². The van der Waals surface area contributed by atoms with Gasteiger partial charge in [-0.05, 0) is 12.1 Å². The third kappa shape index (κ3) is 2.98. The van der Waals surface area contributed by atoms with Crippen molar-refractivity contribution < 1.29 is 25.8 Å². The molecule has 0 heterocycles. The summed E-state index contributed by atoms with van der Waals surface area (Å²) in [6.07, 6.45) is -2.65. The number of benzene rings is 2. The van der Waals surface area contributed by atoms with Gasteiger partial charge in [-0.25, -0.2) is 8.78 Å². The predicted octanol–water partition coefficient (Wildman–Crippen LogP) is 3.14. The lowest BCUT2D eigenvalue weighted by Gasteiger charge is -2.10. The smallest absolute Gasteiger partial charge is 0.332 e. The molecule has 19 heavy (non-hydrogen) atoms. The third-order valence-corrected chi connectivity index (χ3v) is 3.35. The summed E-state index contributed by atoms with van der Waals surface area (Å²) in [6, 6.07) is 8.12. The minimum absolute atomic E-state index is 0.0864. The van der Waals surface area contributed by atoms with Gasteiger partial charge in [0.25, 0.3) is 6.43 Å². The highest BCUT2D eigenvalue weighted by atomic mass is 32.3. The van der Waals surface area contributed by atoms with Crippen molar-refractivity contribution in [2.24, 2.45) is 0 Å². The number of hydrogen-bond acceptors (Lipinski definition) is 3. The molecule has 2 rings (SSSR count). The van der Waals surface area contributed by atoms with Gasteiger partial charge in [-0.1, -0.05) is 24.3 Å². The van der Waals surface area contributed by atoms with Crippen LogP contribution in [-0.4, -0.2) is 21.5 Å². The number of fused-ring (bicyclic) bond motifs is 1. The molecule has 0 unspecified atom stereocenters. The Hall–Kier alpha value is -1.76. The molecule has 2 aromatic rings. The van der Waals surface area contributed by atoms with E-state index in [1.807, 2.05) is 0 Å². The van der Waals surface area contributed by atoms with Crippen LogP contribution in [0, 0.1) is 0 Å². The van der Waals surface area contributed by atoms with Gasteiger partial charge in [0.05, 0.1) is 0 Å². The summed E-state index contributed by atoms with van der Waals surface area (Å²) < 4.78 is 64.2. The first-order chi connectivity index (χ1) is 8.89. The largest absolute Gasteiger partial charge is 0.487 e. The molecule has 0 aromatic heterocycles. The van der Waals surface area contributed by atoms with Gasteiger partial charge in [0, 0.05) is 10.8 Å². The summed E-state index contributed by atoms with van der Waals surface area (Å²) in [5.41, 5.74) is 0. The van der Waals surface area contributed by atoms with Crippen LogP contribution in [0.3, 0.4) is 0 Å². The second-order valence-electron chi connectivity index (χ2n) is 3.75. The lowest BCUT2D eigenvalue weighted by atomic mass is 10.1. The standard InChI is InChI=1S/C12H9F3O3S/c13-12(14)7-18-10-5-6-11(19(15,16)17)9-4-2-1-3-8(9)10/h1-6,12H,7H2. The van der Waals surface area contributed by atoms with Crippen molar-refractivity contribution in [3.05, 3.63) is 36.4 Å². The van der Waals surface area contributed by atoms with Crippen LogP contribution < -0.4 is 4.74 Å². The highest BCUT2D eigenvalue weighted by Crippen LogP contribution is 2.31. The number of rotatable bonds is 4. The van der Waals surface area contributed by atoms with E-state index in [4.69, 9.17) is 4.74 Å². The molecule has 0 aliphatic heterocycles. The maximum absolute atomic E-state index is 13.1. The van der Waals surface area contributed by atoms with E-state index >= 15 is 0 Å². The fourth-order valence-electron chi connectivity index (χ4n) is 1.74. The van der Waals surface area contributed by atoms with Gasteiger partial charge in [0.1, 0.15) is 17.3 Å². The van der Waals surface area contributed by atoms with Crippen LogP contribution in [0.5, 0.6) is 5.75 Å². The zero-order valence-corrected chi connectivity index (χ0v) is 10.3. The van der Waals surface area contributed by atoms with E-state index < -0.39 is 28.2 Å². The average Bonchev–Trinajstić information content (AvgIpc) is 2.34. The molecule has 0 radical (unpaired) electrons. The lowest BCUT2D eigenvalue weighted by molar-refractivity contribution is 0.0826. The Labute approximate surface area is 107 Å². The molecule has 0 aliphatic rings. The summed E-state index contributed by atoms with van der Waals surface area (Å²) in [6.45, 7) is -0.814. The monoisotopic (exact) mass is 290 g/mol. The highest BCUT2D eigenvalue weighted by Gasteiger charge is 2.18. The normalized spacial score (nSPS) is 12.0. The van der Waals surface area contributed by atoms with E-state index in [2.05, 4.69) is 0 Å². The zero-order valence-electron chi connectivity index (χ0n) is 9.52. The van der Waals surface area contributed by atoms with Gasteiger partial charge in [0.2, 0.25) is 0 Å². The van der Waals surface area contributed by atoms with E-state index in [9.17, 15) is 21.1 Å². The Kier molecular flexibility index (Phi) is 3.66. The van der Waals surface area contributed by atoms with Crippen molar-refractivity contribution in [3.8, 4) is 5.75 Å². The molecule has 0 saturated carbocycles. The first-order valence-electron chi connectivity index (χ1n) is 5.27. The van der Waals surface area contributed by atoms with Gasteiger partial charge < -0.3 is 4.74 Å². The van der Waals surface area contributed by atoms with E-state index in [1.165, 1.54) is 18.2 Å². The molecule has 7 heteroatoms. The molecule has 0 bridgehead atoms. The lowest BCUT2D eigenvalue weighted by Crippen LogP contribution is -2.07. The molecule has 0 N–H and O–H groups in total. The van der Waals surface area contributed by atoms with Crippen LogP contribution in [-0.2, 0) is 10.2 Å². The molecular weight excluding hydrogens is 281 g/mol. The van der Waals surface area contributed by atoms with Crippen molar-refractivity contribution in [1.82, 2.24) is 0 Å². The van der Waals surface area contributed by atoms with Gasteiger partial charge in [0.15, 0.2) is 0 Å². The van der Waals surface area contributed by atoms with Gasteiger partial charge in [-0.2, -0.15) is 8.42 Å². The van der Waals surface area contributed by atoms with Crippen LogP contribution in [0.15, 0.2) is 41.3 Å². The molecule has 0 saturated heterocycles. The van der Waals surface area contributed by atoms with Crippen LogP contribution in [0.2, 0.25) is 0 Å². The fourth-order valence-corrected chi connectivity index (χ4v) is 2.41. The summed E-state index contributed by atoms with van der Waals surface area (Å²) in [5, 5.41) is 0.360. The van der Waals surface area contributed by atoms with Crippen molar-refractivity contribution in [2.75, 3.05) is 6.61 Å². The number of ether oxygens (including phenoxy) is 1. The molecule has 0 fully saturated rings. The van der Waals surface area contributed by atoms with Gasteiger partial charge in [-0.15, -0.1) is 3.89 Å². The van der Waals surface area contributed by atoms with Crippen molar-refractivity contribution in [1.29, 1.82) is 0 Å². The first kappa shape index (κ1) is 13.7. The molecule has 0 atom stereocenters. The number of alkyl halides is 2. The van der Waals surface area contributed by atoms with Crippen LogP contribution in [0.25, 0.3) is 10.8 Å². The topological polar surface area (TPSA) is 43.4 Å².